The molecule has 2 atom stereocenters. The van der Waals surface area contributed by atoms with Crippen LogP contribution < -0.4 is 9.64 Å². The number of anilines is 1. The Bertz CT molecular complexity index is 561. The molecule has 1 amide bonds. The molecule has 0 saturated carbocycles. The molecule has 7 heteroatoms. The predicted octanol–water partition coefficient (Wildman–Crippen LogP) is 1.34. The Kier molecular flexibility index (Phi) is 5.50. The van der Waals surface area contributed by atoms with E-state index in [2.05, 4.69) is 14.9 Å². The van der Waals surface area contributed by atoms with Crippen molar-refractivity contribution in [1.82, 2.24) is 14.9 Å². The minimum absolute atomic E-state index is 0.00262. The molecule has 0 radical (unpaired) electrons. The van der Waals surface area contributed by atoms with Crippen molar-refractivity contribution in [2.45, 2.75) is 32.8 Å². The van der Waals surface area contributed by atoms with Gasteiger partial charge >= 0.3 is 0 Å². The molecular formula is C17H26N4O3. The van der Waals surface area contributed by atoms with Crippen LogP contribution in [0.25, 0.3) is 0 Å². The number of amides is 1. The third kappa shape index (κ3) is 3.77. The Morgan fingerprint density at radius 2 is 2.17 bits per heavy atom. The summed E-state index contributed by atoms with van der Waals surface area (Å²) in [6, 6.07) is 1.76. The van der Waals surface area contributed by atoms with Crippen LogP contribution in [0.2, 0.25) is 0 Å². The van der Waals surface area contributed by atoms with Crippen molar-refractivity contribution in [3.8, 4) is 5.88 Å². The Hall–Kier alpha value is -1.89. The van der Waals surface area contributed by atoms with Crippen LogP contribution in [0.5, 0.6) is 5.88 Å². The molecule has 0 bridgehead atoms. The molecule has 0 aromatic carbocycles. The van der Waals surface area contributed by atoms with Gasteiger partial charge in [-0.3, -0.25) is 4.79 Å². The molecule has 0 spiro atoms. The van der Waals surface area contributed by atoms with Gasteiger partial charge in [-0.25, -0.2) is 4.98 Å². The molecule has 3 rings (SSSR count). The van der Waals surface area contributed by atoms with Gasteiger partial charge in [0.1, 0.15) is 0 Å². The molecule has 7 nitrogen and oxygen atoms in total. The minimum atomic E-state index is 0.00262. The van der Waals surface area contributed by atoms with E-state index < -0.39 is 0 Å². The smallest absolute Gasteiger partial charge is 0.228 e. The zero-order valence-corrected chi connectivity index (χ0v) is 14.5. The second kappa shape index (κ2) is 7.79. The fraction of sp³-hybridized carbons (Fsp3) is 0.706. The van der Waals surface area contributed by atoms with Crippen LogP contribution in [0.4, 0.5) is 5.95 Å². The summed E-state index contributed by atoms with van der Waals surface area (Å²) < 4.78 is 11.1. The zero-order valence-electron chi connectivity index (χ0n) is 14.5. The molecule has 24 heavy (non-hydrogen) atoms. The summed E-state index contributed by atoms with van der Waals surface area (Å²) >= 11 is 0. The summed E-state index contributed by atoms with van der Waals surface area (Å²) in [5.74, 6) is 1.49. The lowest BCUT2D eigenvalue weighted by Gasteiger charge is -2.38. The van der Waals surface area contributed by atoms with Gasteiger partial charge in [0.2, 0.25) is 17.7 Å². The average molecular weight is 334 g/mol. The molecule has 3 heterocycles. The van der Waals surface area contributed by atoms with Gasteiger partial charge < -0.3 is 19.3 Å². The summed E-state index contributed by atoms with van der Waals surface area (Å²) in [6.45, 7) is 8.17. The summed E-state index contributed by atoms with van der Waals surface area (Å²) in [6.07, 6.45) is 3.64. The van der Waals surface area contributed by atoms with Crippen molar-refractivity contribution in [3.63, 3.8) is 0 Å². The molecule has 1 aromatic heterocycles. The number of nitrogens with zero attached hydrogens (tertiary/aromatic N) is 4. The van der Waals surface area contributed by atoms with Crippen molar-refractivity contribution in [2.24, 2.45) is 5.92 Å². The molecule has 132 valence electrons. The lowest BCUT2D eigenvalue weighted by atomic mass is 9.93. The quantitative estimate of drug-likeness (QED) is 0.828. The van der Waals surface area contributed by atoms with Gasteiger partial charge in [0, 0.05) is 45.0 Å². The van der Waals surface area contributed by atoms with Crippen LogP contribution in [0, 0.1) is 5.92 Å². The van der Waals surface area contributed by atoms with Gasteiger partial charge in [-0.1, -0.05) is 0 Å². The fourth-order valence-corrected chi connectivity index (χ4v) is 3.32. The highest BCUT2D eigenvalue weighted by Gasteiger charge is 2.33. The standard InChI is InChI=1S/C17H26N4O3/c1-3-23-15-6-7-18-17(19-15)21-10-8-20(9-11-21)16(22)14-5-4-12-24-13(14)2/h6-7,13-14H,3-5,8-12H2,1-2H3/t13-,14-/m1/s1. The predicted molar refractivity (Wildman–Crippen MR) is 90.1 cm³/mol. The maximum absolute atomic E-state index is 12.7. The first kappa shape index (κ1) is 17.0. The van der Waals surface area contributed by atoms with Crippen LogP contribution in [0.3, 0.4) is 0 Å². The van der Waals surface area contributed by atoms with Gasteiger partial charge in [0.05, 0.1) is 18.6 Å². The highest BCUT2D eigenvalue weighted by Crippen LogP contribution is 2.24. The fourth-order valence-electron chi connectivity index (χ4n) is 3.32. The monoisotopic (exact) mass is 334 g/mol. The van der Waals surface area contributed by atoms with Crippen LogP contribution >= 0.6 is 0 Å². The van der Waals surface area contributed by atoms with E-state index in [9.17, 15) is 4.79 Å². The molecular weight excluding hydrogens is 308 g/mol. The van der Waals surface area contributed by atoms with Crippen molar-refractivity contribution in [1.29, 1.82) is 0 Å². The van der Waals surface area contributed by atoms with Gasteiger partial charge in [0.15, 0.2) is 0 Å². The largest absolute Gasteiger partial charge is 0.478 e. The number of piperazine rings is 1. The third-order valence-corrected chi connectivity index (χ3v) is 4.71. The summed E-state index contributed by atoms with van der Waals surface area (Å²) in [5.41, 5.74) is 0. The third-order valence-electron chi connectivity index (χ3n) is 4.71. The maximum atomic E-state index is 12.7. The summed E-state index contributed by atoms with van der Waals surface area (Å²) in [4.78, 5) is 25.5. The number of carbonyl (C=O) groups is 1. The first-order valence-electron chi connectivity index (χ1n) is 8.80. The first-order chi connectivity index (χ1) is 11.7. The SMILES string of the molecule is CCOc1ccnc(N2CCN(C(=O)[C@@H]3CCCO[C@@H]3C)CC2)n1. The van der Waals surface area contributed by atoms with E-state index in [0.717, 1.165) is 32.5 Å². The van der Waals surface area contributed by atoms with Gasteiger partial charge in [-0.15, -0.1) is 0 Å². The van der Waals surface area contributed by atoms with Crippen molar-refractivity contribution < 1.29 is 14.3 Å². The Balaban J connectivity index is 1.57. The number of ether oxygens (including phenoxy) is 2. The van der Waals surface area contributed by atoms with E-state index in [0.29, 0.717) is 31.5 Å². The topological polar surface area (TPSA) is 67.8 Å². The van der Waals surface area contributed by atoms with E-state index >= 15 is 0 Å². The van der Waals surface area contributed by atoms with Crippen LogP contribution in [0.15, 0.2) is 12.3 Å². The molecule has 2 aliphatic rings. The van der Waals surface area contributed by atoms with E-state index in [1.165, 1.54) is 0 Å². The first-order valence-corrected chi connectivity index (χ1v) is 8.80. The summed E-state index contributed by atoms with van der Waals surface area (Å²) in [5, 5.41) is 0. The number of rotatable bonds is 4. The van der Waals surface area contributed by atoms with Gasteiger partial charge in [-0.2, -0.15) is 4.98 Å². The minimum Gasteiger partial charge on any atom is -0.478 e. The van der Waals surface area contributed by atoms with Crippen molar-refractivity contribution >= 4 is 11.9 Å². The van der Waals surface area contributed by atoms with Crippen molar-refractivity contribution in [2.75, 3.05) is 44.3 Å². The average Bonchev–Trinajstić information content (AvgIpc) is 2.62. The number of hydrogen-bond acceptors (Lipinski definition) is 6. The van der Waals surface area contributed by atoms with Crippen molar-refractivity contribution in [3.05, 3.63) is 12.3 Å². The molecule has 1 aromatic rings. The summed E-state index contributed by atoms with van der Waals surface area (Å²) in [7, 11) is 0. The Morgan fingerprint density at radius 1 is 1.38 bits per heavy atom. The second-order valence-electron chi connectivity index (χ2n) is 6.26. The second-order valence-corrected chi connectivity index (χ2v) is 6.26. The van der Waals surface area contributed by atoms with E-state index in [4.69, 9.17) is 9.47 Å². The number of aromatic nitrogens is 2. The zero-order chi connectivity index (χ0) is 16.9. The highest BCUT2D eigenvalue weighted by molar-refractivity contribution is 5.79. The maximum Gasteiger partial charge on any atom is 0.228 e. The van der Waals surface area contributed by atoms with E-state index in [-0.39, 0.29) is 17.9 Å². The molecule has 0 aliphatic carbocycles. The van der Waals surface area contributed by atoms with E-state index in [1.807, 2.05) is 18.7 Å². The molecule has 0 unspecified atom stereocenters. The lowest BCUT2D eigenvalue weighted by molar-refractivity contribution is -0.144. The van der Waals surface area contributed by atoms with Gasteiger partial charge in [0.25, 0.3) is 0 Å². The van der Waals surface area contributed by atoms with E-state index in [1.54, 1.807) is 12.3 Å². The number of carbonyl (C=O) groups excluding carboxylic acids is 1. The van der Waals surface area contributed by atoms with Crippen LogP contribution in [0.1, 0.15) is 26.7 Å². The molecule has 2 aliphatic heterocycles. The lowest BCUT2D eigenvalue weighted by Crippen LogP contribution is -2.52. The molecule has 0 N–H and O–H groups in total. The molecule has 2 fully saturated rings. The molecule has 2 saturated heterocycles. The van der Waals surface area contributed by atoms with Gasteiger partial charge in [-0.05, 0) is 26.7 Å². The Morgan fingerprint density at radius 3 is 2.88 bits per heavy atom. The Labute approximate surface area is 143 Å². The highest BCUT2D eigenvalue weighted by atomic mass is 16.5. The number of hydrogen-bond donors (Lipinski definition) is 0. The van der Waals surface area contributed by atoms with Crippen LogP contribution in [-0.2, 0) is 9.53 Å². The normalized spacial score (nSPS) is 24.8. The van der Waals surface area contributed by atoms with Crippen LogP contribution in [-0.4, -0.2) is 66.3 Å².